The third kappa shape index (κ3) is 4.34. The second-order valence-corrected chi connectivity index (χ2v) is 10.2. The van der Waals surface area contributed by atoms with Crippen LogP contribution in [0.15, 0.2) is 127 Å². The maximum atomic E-state index is 6.18. The van der Waals surface area contributed by atoms with E-state index >= 15 is 0 Å². The Balaban J connectivity index is 1.15. The highest BCUT2D eigenvalue weighted by atomic mass is 16.5. The minimum Gasteiger partial charge on any atom is -0.453 e. The van der Waals surface area contributed by atoms with Crippen LogP contribution in [0.25, 0.3) is 28.1 Å². The maximum absolute atomic E-state index is 6.18. The van der Waals surface area contributed by atoms with Crippen molar-refractivity contribution in [3.8, 4) is 28.6 Å². The Morgan fingerprint density at radius 2 is 1.28 bits per heavy atom. The van der Waals surface area contributed by atoms with Gasteiger partial charge in [0.05, 0.1) is 22.4 Å². The first-order chi connectivity index (χ1) is 19.2. The van der Waals surface area contributed by atoms with Gasteiger partial charge in [0.1, 0.15) is 5.82 Å². The standard InChI is InChI=1S/C35H29N3O/c1-25(24-37-31-15-7-9-17-33(31)39-34-18-10-8-16-32(34)37)23-26-19-21-27(22-20-26)35-36-29-13-5-6-14-30(29)38(35)28-11-3-2-4-12-28/h2-22,25H,23-24H2,1H3/t25-/m0/s1. The van der Waals surface area contributed by atoms with Gasteiger partial charge in [-0.3, -0.25) is 4.57 Å². The molecule has 2 heterocycles. The summed E-state index contributed by atoms with van der Waals surface area (Å²) in [6.07, 6.45) is 0.983. The molecule has 7 rings (SSSR count). The lowest BCUT2D eigenvalue weighted by Gasteiger charge is -2.34. The van der Waals surface area contributed by atoms with Crippen LogP contribution in [0.1, 0.15) is 12.5 Å². The molecule has 1 aliphatic rings. The SMILES string of the molecule is C[C@@H](Cc1ccc(-c2nc3ccccc3n2-c2ccccc2)cc1)CN1c2ccccc2Oc2ccccc21. The Morgan fingerprint density at radius 3 is 2.00 bits per heavy atom. The van der Waals surface area contributed by atoms with Crippen LogP contribution in [0.5, 0.6) is 11.5 Å². The van der Waals surface area contributed by atoms with E-state index in [1.807, 2.05) is 36.4 Å². The zero-order valence-corrected chi connectivity index (χ0v) is 21.9. The number of fused-ring (bicyclic) bond motifs is 3. The lowest BCUT2D eigenvalue weighted by atomic mass is 9.98. The van der Waals surface area contributed by atoms with E-state index < -0.39 is 0 Å². The van der Waals surface area contributed by atoms with Gasteiger partial charge >= 0.3 is 0 Å². The Morgan fingerprint density at radius 1 is 0.667 bits per heavy atom. The molecule has 190 valence electrons. The molecule has 0 fully saturated rings. The fourth-order valence-corrected chi connectivity index (χ4v) is 5.60. The molecule has 0 unspecified atom stereocenters. The fourth-order valence-electron chi connectivity index (χ4n) is 5.60. The van der Waals surface area contributed by atoms with Crippen LogP contribution in [0.2, 0.25) is 0 Å². The van der Waals surface area contributed by atoms with Gasteiger partial charge in [-0.05, 0) is 66.4 Å². The molecular formula is C35H29N3O. The van der Waals surface area contributed by atoms with E-state index in [1.165, 1.54) is 5.56 Å². The zero-order chi connectivity index (χ0) is 26.2. The summed E-state index contributed by atoms with van der Waals surface area (Å²) in [6.45, 7) is 3.23. The predicted molar refractivity (Wildman–Crippen MR) is 159 cm³/mol. The fraction of sp³-hybridized carbons (Fsp3) is 0.114. The van der Waals surface area contributed by atoms with E-state index in [4.69, 9.17) is 9.72 Å². The second kappa shape index (κ2) is 9.80. The van der Waals surface area contributed by atoms with Crippen LogP contribution in [-0.2, 0) is 6.42 Å². The van der Waals surface area contributed by atoms with Gasteiger partial charge in [-0.2, -0.15) is 0 Å². The lowest BCUT2D eigenvalue weighted by Crippen LogP contribution is -2.27. The van der Waals surface area contributed by atoms with Crippen molar-refractivity contribution in [2.45, 2.75) is 13.3 Å². The molecule has 0 bridgehead atoms. The number of aromatic nitrogens is 2. The van der Waals surface area contributed by atoms with Crippen molar-refractivity contribution in [1.29, 1.82) is 0 Å². The second-order valence-electron chi connectivity index (χ2n) is 10.2. The molecule has 39 heavy (non-hydrogen) atoms. The average molecular weight is 508 g/mol. The molecule has 0 saturated carbocycles. The minimum absolute atomic E-state index is 0.434. The Kier molecular flexibility index (Phi) is 5.86. The van der Waals surface area contributed by atoms with Crippen molar-refractivity contribution < 1.29 is 4.74 Å². The van der Waals surface area contributed by atoms with Crippen LogP contribution in [-0.4, -0.2) is 16.1 Å². The highest BCUT2D eigenvalue weighted by Crippen LogP contribution is 2.46. The number of ether oxygens (including phenoxy) is 1. The summed E-state index contributed by atoms with van der Waals surface area (Å²) >= 11 is 0. The van der Waals surface area contributed by atoms with E-state index in [1.54, 1.807) is 0 Å². The zero-order valence-electron chi connectivity index (χ0n) is 21.9. The number of hydrogen-bond acceptors (Lipinski definition) is 3. The summed E-state index contributed by atoms with van der Waals surface area (Å²) in [4.78, 5) is 7.41. The van der Waals surface area contributed by atoms with Gasteiger partial charge in [0, 0.05) is 17.8 Å². The van der Waals surface area contributed by atoms with Crippen LogP contribution in [0.4, 0.5) is 11.4 Å². The van der Waals surface area contributed by atoms with Crippen LogP contribution in [0, 0.1) is 5.92 Å². The van der Waals surface area contributed by atoms with Crippen molar-refractivity contribution >= 4 is 22.4 Å². The Bertz CT molecular complexity index is 1710. The van der Waals surface area contributed by atoms with Gasteiger partial charge in [0.25, 0.3) is 0 Å². The summed E-state index contributed by atoms with van der Waals surface area (Å²) in [6, 6.07) is 44.3. The van der Waals surface area contributed by atoms with Crippen molar-refractivity contribution in [1.82, 2.24) is 9.55 Å². The number of imidazole rings is 1. The number of nitrogens with zero attached hydrogens (tertiary/aromatic N) is 3. The molecule has 4 heteroatoms. The van der Waals surface area contributed by atoms with Crippen molar-refractivity contribution in [3.05, 3.63) is 133 Å². The first-order valence-corrected chi connectivity index (χ1v) is 13.5. The van der Waals surface area contributed by atoms with Gasteiger partial charge in [0.15, 0.2) is 11.5 Å². The molecule has 0 radical (unpaired) electrons. The minimum atomic E-state index is 0.434. The largest absolute Gasteiger partial charge is 0.453 e. The first-order valence-electron chi connectivity index (χ1n) is 13.5. The third-order valence-electron chi connectivity index (χ3n) is 7.40. The highest BCUT2D eigenvalue weighted by molar-refractivity contribution is 5.83. The molecule has 5 aromatic carbocycles. The predicted octanol–water partition coefficient (Wildman–Crippen LogP) is 8.82. The van der Waals surface area contributed by atoms with E-state index in [0.29, 0.717) is 5.92 Å². The summed E-state index contributed by atoms with van der Waals surface area (Å²) in [7, 11) is 0. The monoisotopic (exact) mass is 507 g/mol. The smallest absolute Gasteiger partial charge is 0.151 e. The summed E-state index contributed by atoms with van der Waals surface area (Å²) in [5.41, 5.74) is 7.91. The Labute approximate surface area is 228 Å². The van der Waals surface area contributed by atoms with Gasteiger partial charge < -0.3 is 9.64 Å². The molecule has 1 atom stereocenters. The third-order valence-corrected chi connectivity index (χ3v) is 7.40. The van der Waals surface area contributed by atoms with Gasteiger partial charge in [-0.25, -0.2) is 4.98 Å². The van der Waals surface area contributed by atoms with E-state index in [0.717, 1.165) is 63.9 Å². The van der Waals surface area contributed by atoms with Crippen molar-refractivity contribution in [2.75, 3.05) is 11.4 Å². The number of para-hydroxylation sites is 7. The molecule has 4 nitrogen and oxygen atoms in total. The molecule has 6 aromatic rings. The highest BCUT2D eigenvalue weighted by Gasteiger charge is 2.25. The average Bonchev–Trinajstić information content (AvgIpc) is 3.37. The summed E-state index contributed by atoms with van der Waals surface area (Å²) < 4.78 is 8.43. The molecule has 0 aliphatic carbocycles. The molecule has 1 aliphatic heterocycles. The van der Waals surface area contributed by atoms with Crippen LogP contribution < -0.4 is 9.64 Å². The van der Waals surface area contributed by atoms with E-state index in [2.05, 4.69) is 107 Å². The molecular weight excluding hydrogens is 478 g/mol. The summed E-state index contributed by atoms with van der Waals surface area (Å²) in [5, 5.41) is 0. The number of benzene rings is 5. The lowest BCUT2D eigenvalue weighted by molar-refractivity contribution is 0.467. The van der Waals surface area contributed by atoms with Crippen molar-refractivity contribution in [3.63, 3.8) is 0 Å². The van der Waals surface area contributed by atoms with Gasteiger partial charge in [0.2, 0.25) is 0 Å². The first kappa shape index (κ1) is 23.3. The maximum Gasteiger partial charge on any atom is 0.151 e. The van der Waals surface area contributed by atoms with Crippen LogP contribution in [0.3, 0.4) is 0 Å². The molecule has 0 spiro atoms. The number of hydrogen-bond donors (Lipinski definition) is 0. The molecule has 0 saturated heterocycles. The van der Waals surface area contributed by atoms with E-state index in [9.17, 15) is 0 Å². The van der Waals surface area contributed by atoms with Gasteiger partial charge in [-0.15, -0.1) is 0 Å². The Hall–Kier alpha value is -4.83. The number of anilines is 2. The number of rotatable bonds is 6. The van der Waals surface area contributed by atoms with E-state index in [-0.39, 0.29) is 0 Å². The summed E-state index contributed by atoms with van der Waals surface area (Å²) in [5.74, 6) is 3.22. The van der Waals surface area contributed by atoms with Gasteiger partial charge in [-0.1, -0.05) is 85.8 Å². The molecule has 0 amide bonds. The molecule has 0 N–H and O–H groups in total. The normalized spacial score (nSPS) is 13.0. The molecule has 1 aromatic heterocycles. The topological polar surface area (TPSA) is 30.3 Å². The van der Waals surface area contributed by atoms with Crippen molar-refractivity contribution in [2.24, 2.45) is 5.92 Å². The quantitative estimate of drug-likeness (QED) is 0.226. The van der Waals surface area contributed by atoms with Crippen LogP contribution >= 0.6 is 0 Å².